The summed E-state index contributed by atoms with van der Waals surface area (Å²) in [6.07, 6.45) is 5.61. The van der Waals surface area contributed by atoms with Crippen molar-refractivity contribution in [1.29, 1.82) is 0 Å². The summed E-state index contributed by atoms with van der Waals surface area (Å²) in [5.41, 5.74) is 6.86. The Morgan fingerprint density at radius 2 is 2.33 bits per heavy atom. The van der Waals surface area contributed by atoms with Crippen molar-refractivity contribution in [3.05, 3.63) is 23.2 Å². The molecular weight excluding hydrogens is 212 g/mol. The molecule has 0 amide bonds. The molecule has 4 nitrogen and oxygen atoms in total. The van der Waals surface area contributed by atoms with E-state index < -0.39 is 0 Å². The Bertz CT molecular complexity index is 314. The van der Waals surface area contributed by atoms with Crippen molar-refractivity contribution in [2.24, 2.45) is 5.73 Å². The highest BCUT2D eigenvalue weighted by Gasteiger charge is 2.16. The largest absolute Gasteiger partial charge is 0.327 e. The van der Waals surface area contributed by atoms with E-state index in [2.05, 4.69) is 14.9 Å². The molecule has 1 fully saturated rings. The van der Waals surface area contributed by atoms with Gasteiger partial charge in [0, 0.05) is 19.1 Å². The minimum absolute atomic E-state index is 0.305. The number of hydrogen-bond acceptors (Lipinski definition) is 4. The molecule has 1 aromatic heterocycles. The van der Waals surface area contributed by atoms with Gasteiger partial charge in [-0.3, -0.25) is 9.88 Å². The van der Waals surface area contributed by atoms with Crippen LogP contribution in [0.15, 0.2) is 12.4 Å². The number of piperidine rings is 1. The Morgan fingerprint density at radius 3 is 3.00 bits per heavy atom. The van der Waals surface area contributed by atoms with E-state index in [9.17, 15) is 0 Å². The van der Waals surface area contributed by atoms with Gasteiger partial charge in [-0.1, -0.05) is 11.6 Å². The van der Waals surface area contributed by atoms with Crippen LogP contribution in [0.3, 0.4) is 0 Å². The zero-order valence-electron chi connectivity index (χ0n) is 8.56. The quantitative estimate of drug-likeness (QED) is 0.819. The molecule has 0 radical (unpaired) electrons. The first-order valence-electron chi connectivity index (χ1n) is 5.18. The standard InChI is InChI=1S/C10H15ClN4/c11-10-5-13-9(4-14-10)7-15-3-1-2-8(12)6-15/h4-5,8H,1-3,6-7,12H2. The molecule has 5 heteroatoms. The molecule has 2 heterocycles. The number of rotatable bonds is 2. The van der Waals surface area contributed by atoms with Crippen LogP contribution in [-0.2, 0) is 6.54 Å². The maximum Gasteiger partial charge on any atom is 0.147 e. The highest BCUT2D eigenvalue weighted by atomic mass is 35.5. The molecule has 1 atom stereocenters. The highest BCUT2D eigenvalue weighted by Crippen LogP contribution is 2.11. The summed E-state index contributed by atoms with van der Waals surface area (Å²) in [5, 5.41) is 0.439. The summed E-state index contributed by atoms with van der Waals surface area (Å²) >= 11 is 5.67. The number of hydrogen-bond donors (Lipinski definition) is 1. The molecule has 1 aliphatic heterocycles. The summed E-state index contributed by atoms with van der Waals surface area (Å²) in [6.45, 7) is 2.86. The zero-order chi connectivity index (χ0) is 10.7. The van der Waals surface area contributed by atoms with E-state index in [0.717, 1.165) is 31.7 Å². The third-order valence-corrected chi connectivity index (χ3v) is 2.80. The molecule has 1 aliphatic rings. The van der Waals surface area contributed by atoms with Crippen LogP contribution in [0.4, 0.5) is 0 Å². The van der Waals surface area contributed by atoms with Crippen LogP contribution in [0.5, 0.6) is 0 Å². The van der Waals surface area contributed by atoms with Crippen molar-refractivity contribution in [3.63, 3.8) is 0 Å². The smallest absolute Gasteiger partial charge is 0.147 e. The predicted molar refractivity (Wildman–Crippen MR) is 59.5 cm³/mol. The molecule has 0 aliphatic carbocycles. The van der Waals surface area contributed by atoms with Crippen LogP contribution in [-0.4, -0.2) is 34.0 Å². The first kappa shape index (κ1) is 10.8. The molecule has 1 aromatic rings. The Kier molecular flexibility index (Phi) is 3.51. The van der Waals surface area contributed by atoms with E-state index in [1.807, 2.05) is 0 Å². The van der Waals surface area contributed by atoms with Gasteiger partial charge >= 0.3 is 0 Å². The van der Waals surface area contributed by atoms with Crippen LogP contribution >= 0.6 is 11.6 Å². The van der Waals surface area contributed by atoms with Gasteiger partial charge in [-0.15, -0.1) is 0 Å². The minimum atomic E-state index is 0.305. The number of likely N-dealkylation sites (tertiary alicyclic amines) is 1. The van der Waals surface area contributed by atoms with Gasteiger partial charge in [0.1, 0.15) is 5.15 Å². The van der Waals surface area contributed by atoms with Crippen LogP contribution in [0.25, 0.3) is 0 Å². The van der Waals surface area contributed by atoms with Gasteiger partial charge in [-0.05, 0) is 19.4 Å². The predicted octanol–water partition coefficient (Wildman–Crippen LogP) is 1.05. The van der Waals surface area contributed by atoms with E-state index in [-0.39, 0.29) is 0 Å². The van der Waals surface area contributed by atoms with Crippen LogP contribution in [0, 0.1) is 0 Å². The van der Waals surface area contributed by atoms with Crippen molar-refractivity contribution >= 4 is 11.6 Å². The molecule has 2 rings (SSSR count). The molecule has 15 heavy (non-hydrogen) atoms. The van der Waals surface area contributed by atoms with E-state index in [0.29, 0.717) is 11.2 Å². The van der Waals surface area contributed by atoms with Crippen molar-refractivity contribution in [2.45, 2.75) is 25.4 Å². The maximum absolute atomic E-state index is 5.90. The molecule has 0 bridgehead atoms. The van der Waals surface area contributed by atoms with E-state index in [4.69, 9.17) is 17.3 Å². The number of aromatic nitrogens is 2. The second-order valence-electron chi connectivity index (χ2n) is 3.97. The summed E-state index contributed by atoms with van der Waals surface area (Å²) in [7, 11) is 0. The summed E-state index contributed by atoms with van der Waals surface area (Å²) in [6, 6.07) is 0.305. The highest BCUT2D eigenvalue weighted by molar-refractivity contribution is 6.29. The van der Waals surface area contributed by atoms with Crippen LogP contribution < -0.4 is 5.73 Å². The maximum atomic E-state index is 5.90. The van der Waals surface area contributed by atoms with Crippen molar-refractivity contribution < 1.29 is 0 Å². The molecule has 0 spiro atoms. The monoisotopic (exact) mass is 226 g/mol. The Morgan fingerprint density at radius 1 is 1.47 bits per heavy atom. The molecular formula is C10H15ClN4. The topological polar surface area (TPSA) is 55.0 Å². The van der Waals surface area contributed by atoms with Crippen LogP contribution in [0.1, 0.15) is 18.5 Å². The summed E-state index contributed by atoms with van der Waals surface area (Å²) in [4.78, 5) is 10.5. The SMILES string of the molecule is NC1CCCN(Cc2cnc(Cl)cn2)C1. The average molecular weight is 227 g/mol. The first-order valence-corrected chi connectivity index (χ1v) is 5.56. The normalized spacial score (nSPS) is 22.9. The molecule has 0 saturated carbocycles. The number of nitrogens with two attached hydrogens (primary N) is 1. The Hall–Kier alpha value is -0.710. The second kappa shape index (κ2) is 4.88. The number of halogens is 1. The van der Waals surface area contributed by atoms with Gasteiger partial charge < -0.3 is 5.73 Å². The Balaban J connectivity index is 1.93. The third kappa shape index (κ3) is 3.12. The fraction of sp³-hybridized carbons (Fsp3) is 0.600. The molecule has 1 saturated heterocycles. The Labute approximate surface area is 94.5 Å². The van der Waals surface area contributed by atoms with Crippen molar-refractivity contribution in [3.8, 4) is 0 Å². The lowest BCUT2D eigenvalue weighted by Gasteiger charge is -2.30. The third-order valence-electron chi connectivity index (χ3n) is 2.60. The van der Waals surface area contributed by atoms with Gasteiger partial charge in [0.2, 0.25) is 0 Å². The minimum Gasteiger partial charge on any atom is -0.327 e. The summed E-state index contributed by atoms with van der Waals surface area (Å²) in [5.74, 6) is 0. The number of nitrogens with zero attached hydrogens (tertiary/aromatic N) is 3. The van der Waals surface area contributed by atoms with Gasteiger partial charge in [0.05, 0.1) is 18.1 Å². The van der Waals surface area contributed by atoms with E-state index >= 15 is 0 Å². The van der Waals surface area contributed by atoms with Gasteiger partial charge in [0.25, 0.3) is 0 Å². The lowest BCUT2D eigenvalue weighted by molar-refractivity contribution is 0.199. The van der Waals surface area contributed by atoms with Crippen LogP contribution in [0.2, 0.25) is 5.15 Å². The van der Waals surface area contributed by atoms with E-state index in [1.165, 1.54) is 6.42 Å². The van der Waals surface area contributed by atoms with Gasteiger partial charge in [-0.25, -0.2) is 4.98 Å². The summed E-state index contributed by atoms with van der Waals surface area (Å²) < 4.78 is 0. The molecule has 82 valence electrons. The molecule has 1 unspecified atom stereocenters. The average Bonchev–Trinajstić information content (AvgIpc) is 2.22. The lowest BCUT2D eigenvalue weighted by atomic mass is 10.1. The fourth-order valence-corrected chi connectivity index (χ4v) is 1.98. The second-order valence-corrected chi connectivity index (χ2v) is 4.36. The van der Waals surface area contributed by atoms with Crippen molar-refractivity contribution in [1.82, 2.24) is 14.9 Å². The van der Waals surface area contributed by atoms with Gasteiger partial charge in [0.15, 0.2) is 0 Å². The molecule has 0 aromatic carbocycles. The lowest BCUT2D eigenvalue weighted by Crippen LogP contribution is -2.42. The van der Waals surface area contributed by atoms with E-state index in [1.54, 1.807) is 12.4 Å². The van der Waals surface area contributed by atoms with Gasteiger partial charge in [-0.2, -0.15) is 0 Å². The zero-order valence-corrected chi connectivity index (χ0v) is 9.32. The first-order chi connectivity index (χ1) is 7.24. The molecule has 2 N–H and O–H groups in total. The van der Waals surface area contributed by atoms with Crippen molar-refractivity contribution in [2.75, 3.05) is 13.1 Å². The fourth-order valence-electron chi connectivity index (χ4n) is 1.88.